The van der Waals surface area contributed by atoms with Crippen LogP contribution in [-0.4, -0.2) is 6.66 Å². The van der Waals surface area contributed by atoms with E-state index in [9.17, 15) is 0 Å². The molecule has 0 aliphatic carbocycles. The van der Waals surface area contributed by atoms with Crippen molar-refractivity contribution in [2.24, 2.45) is 0 Å². The fourth-order valence-electron chi connectivity index (χ4n) is 11.8. The van der Waals surface area contributed by atoms with Gasteiger partial charge in [-0.15, -0.1) is 0 Å². The molecule has 0 aromatic heterocycles. The molecule has 1 atom stereocenters. The number of hydrogen-bond acceptors (Lipinski definition) is 4. The zero-order chi connectivity index (χ0) is 43.2. The van der Waals surface area contributed by atoms with Crippen molar-refractivity contribution in [2.75, 3.05) is 21.4 Å². The van der Waals surface area contributed by atoms with Gasteiger partial charge in [0.2, 0.25) is 0 Å². The lowest BCUT2D eigenvalue weighted by atomic mass is 9.73. The van der Waals surface area contributed by atoms with E-state index in [-0.39, 0.29) is 16.2 Å². The lowest BCUT2D eigenvalue weighted by molar-refractivity contribution is 0.591. The summed E-state index contributed by atoms with van der Waals surface area (Å²) < 4.78 is 16.2. The molecule has 5 heteroatoms. The minimum Gasteiger partial charge on any atom is -0.314 e. The predicted octanol–water partition coefficient (Wildman–Crippen LogP) is 14.9. The monoisotopic (exact) mass is 835 g/mol. The number of nitrogens with zero attached hydrogens (tertiary/aromatic N) is 3. The Kier molecular flexibility index (Phi) is 7.84. The minimum absolute atomic E-state index is 0.179. The molecule has 4 aliphatic rings. The molecule has 4 aliphatic heterocycles. The molecule has 4 nitrogen and oxygen atoms in total. The van der Waals surface area contributed by atoms with Gasteiger partial charge in [-0.2, -0.15) is 0 Å². The van der Waals surface area contributed by atoms with Crippen LogP contribution in [0.4, 0.5) is 51.2 Å². The fraction of sp³-hybridized carbons (Fsp3) is 0.172. The van der Waals surface area contributed by atoms with Gasteiger partial charge in [0.05, 0.1) is 39.8 Å². The quantitative estimate of drug-likeness (QED) is 0.166. The molecule has 0 spiro atoms. The third-order valence-electron chi connectivity index (χ3n) is 14.9. The molecule has 8 aromatic rings. The molecule has 63 heavy (non-hydrogen) atoms. The molecule has 0 saturated carbocycles. The first-order chi connectivity index (χ1) is 30.3. The normalized spacial score (nSPS) is 18.8. The molecule has 0 fully saturated rings. The van der Waals surface area contributed by atoms with E-state index in [1.54, 1.807) is 0 Å². The van der Waals surface area contributed by atoms with Crippen molar-refractivity contribution in [1.82, 2.24) is 0 Å². The van der Waals surface area contributed by atoms with E-state index in [2.05, 4.69) is 232 Å². The third kappa shape index (κ3) is 5.07. The second kappa shape index (κ2) is 13.0. The van der Waals surface area contributed by atoms with Crippen molar-refractivity contribution in [2.45, 2.75) is 57.8 Å². The Bertz CT molecular complexity index is 3160. The molecule has 0 saturated heterocycles. The molecule has 0 N–H and O–H groups in total. The maximum Gasteiger partial charge on any atom is 0.143 e. The van der Waals surface area contributed by atoms with Crippen LogP contribution in [0.15, 0.2) is 176 Å². The van der Waals surface area contributed by atoms with Crippen LogP contribution >= 0.6 is 7.14 Å². The number of hydrogen-bond donors (Lipinski definition) is 0. The number of benzene rings is 8. The van der Waals surface area contributed by atoms with Crippen LogP contribution < -0.4 is 25.3 Å². The summed E-state index contributed by atoms with van der Waals surface area (Å²) >= 11 is 0. The Morgan fingerprint density at radius 1 is 0.349 bits per heavy atom. The molecular formula is C58H50N3OP. The number of anilines is 9. The maximum atomic E-state index is 16.2. The van der Waals surface area contributed by atoms with Gasteiger partial charge in [-0.25, -0.2) is 0 Å². The van der Waals surface area contributed by atoms with Crippen molar-refractivity contribution >= 4 is 68.9 Å². The van der Waals surface area contributed by atoms with E-state index in [0.717, 1.165) is 61.5 Å². The summed E-state index contributed by atoms with van der Waals surface area (Å²) in [5, 5.41) is 1.81. The van der Waals surface area contributed by atoms with Crippen LogP contribution in [-0.2, 0) is 20.8 Å². The Balaban J connectivity index is 1.17. The number of para-hydroxylation sites is 6. The van der Waals surface area contributed by atoms with Crippen molar-refractivity contribution in [1.29, 1.82) is 0 Å². The standard InChI is InChI=1S/C58H50N3OP/c1-56(2)41-20-8-14-26-47(41)59(48-27-15-9-21-42(48)56)37-32-33-54-39(34-37)40-35-38(60-49-28-16-10-22-43(49)57(3,4)44-23-11-17-29-50(44)60)36-53(55(40)63(54,7)62)61-51-30-18-12-24-45(51)58(5,6)46-25-13-19-31-52(46)61/h8-36H,1-7H3. The van der Waals surface area contributed by atoms with Gasteiger partial charge in [-0.1, -0.05) is 151 Å². The first-order valence-corrected chi connectivity index (χ1v) is 24.4. The van der Waals surface area contributed by atoms with Gasteiger partial charge in [-0.05, 0) is 118 Å². The average Bonchev–Trinajstić information content (AvgIpc) is 3.52. The summed E-state index contributed by atoms with van der Waals surface area (Å²) in [5.41, 5.74) is 18.9. The minimum atomic E-state index is -3.19. The van der Waals surface area contributed by atoms with E-state index >= 15 is 4.57 Å². The number of rotatable bonds is 3. The maximum absolute atomic E-state index is 16.2. The van der Waals surface area contributed by atoms with E-state index in [4.69, 9.17) is 0 Å². The van der Waals surface area contributed by atoms with Crippen LogP contribution in [0.25, 0.3) is 11.1 Å². The van der Waals surface area contributed by atoms with E-state index in [1.807, 2.05) is 6.66 Å². The van der Waals surface area contributed by atoms with Gasteiger partial charge in [-0.3, -0.25) is 0 Å². The Hall–Kier alpha value is -6.61. The van der Waals surface area contributed by atoms with Crippen LogP contribution in [0, 0.1) is 0 Å². The first-order valence-electron chi connectivity index (χ1n) is 22.2. The number of fused-ring (bicyclic) bond motifs is 9. The fourth-order valence-corrected chi connectivity index (χ4v) is 14.2. The Labute approximate surface area is 371 Å². The summed E-state index contributed by atoms with van der Waals surface area (Å²) in [6.07, 6.45) is 0. The molecule has 0 bridgehead atoms. The Morgan fingerprint density at radius 3 is 1.05 bits per heavy atom. The summed E-state index contributed by atoms with van der Waals surface area (Å²) in [6.45, 7) is 16.0. The van der Waals surface area contributed by atoms with E-state index in [0.29, 0.717) is 0 Å². The molecule has 4 heterocycles. The lowest BCUT2D eigenvalue weighted by Crippen LogP contribution is -2.33. The average molecular weight is 836 g/mol. The Morgan fingerprint density at radius 2 is 0.667 bits per heavy atom. The van der Waals surface area contributed by atoms with Crippen molar-refractivity contribution in [3.05, 3.63) is 209 Å². The zero-order valence-corrected chi connectivity index (χ0v) is 37.8. The molecule has 12 rings (SSSR count). The molecule has 0 amide bonds. The zero-order valence-electron chi connectivity index (χ0n) is 36.9. The highest BCUT2D eigenvalue weighted by Gasteiger charge is 2.45. The van der Waals surface area contributed by atoms with Crippen molar-refractivity contribution in [3.8, 4) is 11.1 Å². The van der Waals surface area contributed by atoms with Crippen molar-refractivity contribution < 1.29 is 4.57 Å². The molecule has 0 radical (unpaired) electrons. The summed E-state index contributed by atoms with van der Waals surface area (Å²) in [7, 11) is -3.19. The highest BCUT2D eigenvalue weighted by molar-refractivity contribution is 7.79. The smallest absolute Gasteiger partial charge is 0.143 e. The largest absolute Gasteiger partial charge is 0.314 e. The van der Waals surface area contributed by atoms with Crippen LogP contribution in [0.3, 0.4) is 0 Å². The molecule has 1 unspecified atom stereocenters. The highest BCUT2D eigenvalue weighted by atomic mass is 31.2. The van der Waals surface area contributed by atoms with Gasteiger partial charge in [0.15, 0.2) is 0 Å². The molecule has 8 aromatic carbocycles. The lowest BCUT2D eigenvalue weighted by Gasteiger charge is -2.44. The van der Waals surface area contributed by atoms with Crippen molar-refractivity contribution in [3.63, 3.8) is 0 Å². The van der Waals surface area contributed by atoms with Crippen LogP contribution in [0.5, 0.6) is 0 Å². The van der Waals surface area contributed by atoms with Crippen LogP contribution in [0.2, 0.25) is 0 Å². The van der Waals surface area contributed by atoms with Gasteiger partial charge >= 0.3 is 0 Å². The third-order valence-corrected chi connectivity index (χ3v) is 17.5. The van der Waals surface area contributed by atoms with E-state index < -0.39 is 7.14 Å². The summed E-state index contributed by atoms with van der Waals surface area (Å²) in [5.74, 6) is 0. The summed E-state index contributed by atoms with van der Waals surface area (Å²) in [4.78, 5) is 7.29. The second-order valence-corrected chi connectivity index (χ2v) is 22.2. The second-order valence-electron chi connectivity index (χ2n) is 19.5. The highest BCUT2D eigenvalue weighted by Crippen LogP contribution is 2.61. The van der Waals surface area contributed by atoms with Gasteiger partial charge in [0.25, 0.3) is 0 Å². The van der Waals surface area contributed by atoms with Crippen LogP contribution in [0.1, 0.15) is 74.9 Å². The molecule has 308 valence electrons. The van der Waals surface area contributed by atoms with Gasteiger partial charge in [0.1, 0.15) is 7.14 Å². The molecular weight excluding hydrogens is 786 g/mol. The van der Waals surface area contributed by atoms with Gasteiger partial charge < -0.3 is 19.3 Å². The van der Waals surface area contributed by atoms with E-state index in [1.165, 1.54) is 44.8 Å². The summed E-state index contributed by atoms with van der Waals surface area (Å²) in [6, 6.07) is 64.3. The SMILES string of the molecule is CC1(C)c2ccccc2N(c2ccc3c(c2)-c2cc(N4c5ccccc5C(C)(C)c5ccccc54)cc(N4c5ccccc5C(C)(C)c5ccccc54)c2P3(C)=O)c2ccccc21. The van der Waals surface area contributed by atoms with Gasteiger partial charge in [0, 0.05) is 38.2 Å². The first kappa shape index (κ1) is 38.1. The topological polar surface area (TPSA) is 26.8 Å². The predicted molar refractivity (Wildman–Crippen MR) is 265 cm³/mol.